The van der Waals surface area contributed by atoms with Crippen molar-refractivity contribution in [3.8, 4) is 0 Å². The minimum absolute atomic E-state index is 0.115. The molecule has 6 heteroatoms. The molecule has 1 fully saturated rings. The van der Waals surface area contributed by atoms with Crippen LogP contribution in [-0.4, -0.2) is 39.5 Å². The van der Waals surface area contributed by atoms with Gasteiger partial charge in [-0.3, -0.25) is 4.79 Å². The summed E-state index contributed by atoms with van der Waals surface area (Å²) in [5.74, 6) is -0.847. The molecule has 2 atom stereocenters. The molecule has 1 unspecified atom stereocenters. The maximum Gasteiger partial charge on any atom is 0.185 e. The second-order valence-electron chi connectivity index (χ2n) is 8.20. The van der Waals surface area contributed by atoms with Gasteiger partial charge in [0.2, 0.25) is 0 Å². The molecule has 0 spiro atoms. The molecule has 0 bridgehead atoms. The molecule has 2 aliphatic rings. The van der Waals surface area contributed by atoms with E-state index in [2.05, 4.69) is 12.1 Å². The number of rotatable bonds is 8. The van der Waals surface area contributed by atoms with E-state index in [-0.39, 0.29) is 23.7 Å². The number of hydrogen-bond acceptors (Lipinski definition) is 5. The molecular formula is C26H28O5S. The maximum atomic E-state index is 13.1. The predicted octanol–water partition coefficient (Wildman–Crippen LogP) is 4.61. The van der Waals surface area contributed by atoms with E-state index in [4.69, 9.17) is 9.47 Å². The number of Topliss-reactive ketones (excluding diaryl/α,β-unsaturated/α-hetero) is 1. The first-order chi connectivity index (χ1) is 15.5. The van der Waals surface area contributed by atoms with E-state index >= 15 is 0 Å². The lowest BCUT2D eigenvalue weighted by atomic mass is 9.84. The van der Waals surface area contributed by atoms with Crippen LogP contribution in [0.15, 0.2) is 88.9 Å². The summed E-state index contributed by atoms with van der Waals surface area (Å²) in [6, 6.07) is 18.2. The van der Waals surface area contributed by atoms with Crippen LogP contribution in [0.3, 0.4) is 0 Å². The lowest BCUT2D eigenvalue weighted by Crippen LogP contribution is -2.25. The number of carbonyl (C=O) groups excluding carboxylic acids is 1. The van der Waals surface area contributed by atoms with Gasteiger partial charge >= 0.3 is 0 Å². The van der Waals surface area contributed by atoms with Crippen molar-refractivity contribution < 1.29 is 22.7 Å². The van der Waals surface area contributed by atoms with E-state index in [0.717, 1.165) is 30.4 Å². The molecule has 1 aliphatic carbocycles. The highest BCUT2D eigenvalue weighted by atomic mass is 32.2. The lowest BCUT2D eigenvalue weighted by Gasteiger charge is -2.26. The Bertz CT molecular complexity index is 1080. The van der Waals surface area contributed by atoms with Gasteiger partial charge in [-0.25, -0.2) is 8.42 Å². The number of carbonyl (C=O) groups is 1. The average molecular weight is 453 g/mol. The Morgan fingerprint density at radius 2 is 1.72 bits per heavy atom. The molecule has 0 radical (unpaired) electrons. The monoisotopic (exact) mass is 452 g/mol. The molecule has 5 nitrogen and oxygen atoms in total. The van der Waals surface area contributed by atoms with Gasteiger partial charge in [0, 0.05) is 18.1 Å². The molecule has 0 aromatic heterocycles. The molecule has 1 aliphatic heterocycles. The van der Waals surface area contributed by atoms with Gasteiger partial charge in [-0.15, -0.1) is 0 Å². The van der Waals surface area contributed by atoms with Crippen LogP contribution in [-0.2, 0) is 24.1 Å². The summed E-state index contributed by atoms with van der Waals surface area (Å²) in [7, 11) is -3.72. The minimum atomic E-state index is -3.72. The van der Waals surface area contributed by atoms with Gasteiger partial charge in [-0.2, -0.15) is 0 Å². The summed E-state index contributed by atoms with van der Waals surface area (Å²) in [6.07, 6.45) is 7.00. The highest BCUT2D eigenvalue weighted by molar-refractivity contribution is 7.92. The Labute approximate surface area is 189 Å². The van der Waals surface area contributed by atoms with Crippen molar-refractivity contribution in [1.82, 2.24) is 0 Å². The molecule has 1 heterocycles. The van der Waals surface area contributed by atoms with E-state index < -0.39 is 21.4 Å². The van der Waals surface area contributed by atoms with Gasteiger partial charge in [-0.1, -0.05) is 60.7 Å². The van der Waals surface area contributed by atoms with Gasteiger partial charge in [0.1, 0.15) is 5.75 Å². The molecule has 2 aromatic carbocycles. The summed E-state index contributed by atoms with van der Waals surface area (Å²) >= 11 is 0. The van der Waals surface area contributed by atoms with Crippen LogP contribution in [0.1, 0.15) is 37.2 Å². The van der Waals surface area contributed by atoms with E-state index in [1.807, 2.05) is 24.3 Å². The third-order valence-electron chi connectivity index (χ3n) is 5.88. The Balaban J connectivity index is 1.55. The van der Waals surface area contributed by atoms with Gasteiger partial charge in [0.05, 0.1) is 11.5 Å². The summed E-state index contributed by atoms with van der Waals surface area (Å²) in [6.45, 7) is 0.933. The SMILES string of the molecule is O=C(CS(=O)(=O)c1ccccc1)C1=C(COC2CCCCO2)C[C@@H](c2ccccc2)C=C1. The average Bonchev–Trinajstić information content (AvgIpc) is 2.84. The van der Waals surface area contributed by atoms with E-state index in [1.165, 1.54) is 12.1 Å². The normalized spacial score (nSPS) is 21.5. The molecule has 0 amide bonds. The molecular weight excluding hydrogens is 424 g/mol. The first-order valence-electron chi connectivity index (χ1n) is 11.0. The van der Waals surface area contributed by atoms with Crippen LogP contribution in [0.4, 0.5) is 0 Å². The molecule has 168 valence electrons. The topological polar surface area (TPSA) is 69.7 Å². The first-order valence-corrected chi connectivity index (χ1v) is 12.7. The number of allylic oxidation sites excluding steroid dienone is 3. The standard InChI is InChI=1S/C26H28O5S/c27-25(19-32(28,29)23-11-5-2-6-12-23)24-15-14-21(20-9-3-1-4-10-20)17-22(24)18-31-26-13-7-8-16-30-26/h1-6,9-12,14-15,21,26H,7-8,13,16-19H2/t21-,26?/m0/s1. The van der Waals surface area contributed by atoms with Crippen molar-refractivity contribution in [2.24, 2.45) is 0 Å². The van der Waals surface area contributed by atoms with Crippen molar-refractivity contribution >= 4 is 15.6 Å². The highest BCUT2D eigenvalue weighted by Gasteiger charge is 2.27. The van der Waals surface area contributed by atoms with E-state index in [1.54, 1.807) is 24.3 Å². The quantitative estimate of drug-likeness (QED) is 0.585. The predicted molar refractivity (Wildman–Crippen MR) is 123 cm³/mol. The number of hydrogen-bond donors (Lipinski definition) is 0. The van der Waals surface area contributed by atoms with Crippen molar-refractivity contribution in [2.75, 3.05) is 19.0 Å². The van der Waals surface area contributed by atoms with Gasteiger partial charge in [0.15, 0.2) is 21.9 Å². The minimum Gasteiger partial charge on any atom is -0.353 e. The maximum absolute atomic E-state index is 13.1. The van der Waals surface area contributed by atoms with Crippen molar-refractivity contribution in [3.05, 3.63) is 89.5 Å². The smallest absolute Gasteiger partial charge is 0.185 e. The molecule has 4 rings (SSSR count). The van der Waals surface area contributed by atoms with Crippen LogP contribution in [0, 0.1) is 0 Å². The fourth-order valence-electron chi connectivity index (χ4n) is 4.13. The molecule has 0 saturated carbocycles. The van der Waals surface area contributed by atoms with Crippen LogP contribution in [0.2, 0.25) is 0 Å². The summed E-state index contributed by atoms with van der Waals surface area (Å²) < 4.78 is 37.2. The number of ether oxygens (including phenoxy) is 2. The Morgan fingerprint density at radius 1 is 1.00 bits per heavy atom. The Kier molecular flexibility index (Phi) is 7.35. The van der Waals surface area contributed by atoms with E-state index in [0.29, 0.717) is 18.6 Å². The molecule has 32 heavy (non-hydrogen) atoms. The fraction of sp³-hybridized carbons (Fsp3) is 0.346. The van der Waals surface area contributed by atoms with Crippen LogP contribution in [0.25, 0.3) is 0 Å². The zero-order valence-corrected chi connectivity index (χ0v) is 18.8. The zero-order valence-electron chi connectivity index (χ0n) is 18.0. The van der Waals surface area contributed by atoms with Crippen LogP contribution in [0.5, 0.6) is 0 Å². The first kappa shape index (κ1) is 22.6. The Morgan fingerprint density at radius 3 is 2.41 bits per heavy atom. The molecule has 2 aromatic rings. The van der Waals surface area contributed by atoms with E-state index in [9.17, 15) is 13.2 Å². The van der Waals surface area contributed by atoms with Crippen LogP contribution >= 0.6 is 0 Å². The van der Waals surface area contributed by atoms with Gasteiger partial charge in [-0.05, 0) is 49.0 Å². The third kappa shape index (κ3) is 5.63. The van der Waals surface area contributed by atoms with Gasteiger partial charge in [0.25, 0.3) is 0 Å². The zero-order chi connectivity index (χ0) is 22.4. The number of sulfone groups is 1. The number of benzene rings is 2. The third-order valence-corrected chi connectivity index (χ3v) is 7.51. The largest absolute Gasteiger partial charge is 0.353 e. The second kappa shape index (κ2) is 10.4. The molecule has 0 N–H and O–H groups in total. The summed E-state index contributed by atoms with van der Waals surface area (Å²) in [5.41, 5.74) is 2.41. The number of ketones is 1. The van der Waals surface area contributed by atoms with Crippen molar-refractivity contribution in [1.29, 1.82) is 0 Å². The lowest BCUT2D eigenvalue weighted by molar-refractivity contribution is -0.157. The summed E-state index contributed by atoms with van der Waals surface area (Å²) in [5, 5.41) is 0. The Hall–Kier alpha value is -2.54. The van der Waals surface area contributed by atoms with Crippen molar-refractivity contribution in [3.63, 3.8) is 0 Å². The van der Waals surface area contributed by atoms with Crippen molar-refractivity contribution in [2.45, 2.75) is 42.8 Å². The second-order valence-corrected chi connectivity index (χ2v) is 10.2. The fourth-order valence-corrected chi connectivity index (χ4v) is 5.37. The highest BCUT2D eigenvalue weighted by Crippen LogP contribution is 2.33. The summed E-state index contributed by atoms with van der Waals surface area (Å²) in [4.78, 5) is 13.3. The van der Waals surface area contributed by atoms with Crippen LogP contribution < -0.4 is 0 Å². The molecule has 1 saturated heterocycles. The van der Waals surface area contributed by atoms with Gasteiger partial charge < -0.3 is 9.47 Å².